The van der Waals surface area contributed by atoms with Gasteiger partial charge in [-0.3, -0.25) is 4.79 Å². The zero-order valence-electron chi connectivity index (χ0n) is 17.8. The fourth-order valence-corrected chi connectivity index (χ4v) is 3.27. The average molecular weight is 455 g/mol. The number of aromatic carboxylic acids is 1. The highest BCUT2D eigenvalue weighted by Gasteiger charge is 2.14. The van der Waals surface area contributed by atoms with Crippen molar-refractivity contribution in [2.24, 2.45) is 0 Å². The van der Waals surface area contributed by atoms with Gasteiger partial charge in [-0.05, 0) is 49.1 Å². The molecule has 0 spiro atoms. The van der Waals surface area contributed by atoms with E-state index in [2.05, 4.69) is 0 Å². The van der Waals surface area contributed by atoms with E-state index in [1.165, 1.54) is 6.42 Å². The number of aromatic hydroxyl groups is 3. The molecule has 2 aliphatic heterocycles. The Balaban J connectivity index is 0.000000218. The topological polar surface area (TPSA) is 137 Å². The van der Waals surface area contributed by atoms with Gasteiger partial charge in [0.1, 0.15) is 0 Å². The highest BCUT2D eigenvalue weighted by atomic mass is 16.7. The summed E-state index contributed by atoms with van der Waals surface area (Å²) >= 11 is 0. The molecule has 33 heavy (non-hydrogen) atoms. The van der Waals surface area contributed by atoms with Crippen LogP contribution in [0.15, 0.2) is 48.6 Å². The number of carboxylic acid groups (broad SMARTS) is 1. The molecular formula is C24H25NO8. The van der Waals surface area contributed by atoms with E-state index in [0.717, 1.165) is 55.1 Å². The van der Waals surface area contributed by atoms with Crippen LogP contribution in [0.4, 0.5) is 0 Å². The number of carbonyl (C=O) groups excluding carboxylic acids is 1. The van der Waals surface area contributed by atoms with Gasteiger partial charge >= 0.3 is 5.97 Å². The van der Waals surface area contributed by atoms with Crippen LogP contribution in [-0.4, -0.2) is 57.1 Å². The molecule has 4 N–H and O–H groups in total. The second-order valence-electron chi connectivity index (χ2n) is 7.39. The molecule has 0 bridgehead atoms. The first-order valence-electron chi connectivity index (χ1n) is 10.4. The van der Waals surface area contributed by atoms with Crippen LogP contribution < -0.4 is 9.47 Å². The minimum Gasteiger partial charge on any atom is -0.504 e. The Morgan fingerprint density at radius 3 is 2.21 bits per heavy atom. The molecule has 0 aliphatic carbocycles. The van der Waals surface area contributed by atoms with E-state index in [9.17, 15) is 9.59 Å². The number of phenols is 3. The maximum atomic E-state index is 11.9. The molecule has 0 saturated carbocycles. The summed E-state index contributed by atoms with van der Waals surface area (Å²) in [4.78, 5) is 24.2. The van der Waals surface area contributed by atoms with Crippen molar-refractivity contribution in [3.8, 4) is 28.7 Å². The van der Waals surface area contributed by atoms with Gasteiger partial charge in [-0.25, -0.2) is 4.79 Å². The van der Waals surface area contributed by atoms with Crippen LogP contribution in [0, 0.1) is 0 Å². The molecule has 0 unspecified atom stereocenters. The van der Waals surface area contributed by atoms with Crippen LogP contribution in [0.1, 0.15) is 35.2 Å². The molecule has 9 heteroatoms. The van der Waals surface area contributed by atoms with Gasteiger partial charge in [0.2, 0.25) is 12.7 Å². The van der Waals surface area contributed by atoms with Crippen LogP contribution in [-0.2, 0) is 4.79 Å². The minimum atomic E-state index is -1.29. The number of amides is 1. The van der Waals surface area contributed by atoms with Crippen molar-refractivity contribution in [1.29, 1.82) is 0 Å². The number of rotatable bonds is 4. The number of carboxylic acids is 1. The Bertz CT molecular complexity index is 1050. The van der Waals surface area contributed by atoms with Crippen molar-refractivity contribution >= 4 is 18.0 Å². The maximum absolute atomic E-state index is 11.9. The summed E-state index contributed by atoms with van der Waals surface area (Å²) in [6, 6.07) is 7.48. The molecule has 174 valence electrons. The van der Waals surface area contributed by atoms with Crippen molar-refractivity contribution in [1.82, 2.24) is 4.90 Å². The van der Waals surface area contributed by atoms with Crippen LogP contribution in [0.3, 0.4) is 0 Å². The van der Waals surface area contributed by atoms with Crippen molar-refractivity contribution in [2.75, 3.05) is 19.9 Å². The lowest BCUT2D eigenvalue weighted by atomic mass is 10.1. The molecule has 2 heterocycles. The van der Waals surface area contributed by atoms with Crippen molar-refractivity contribution in [2.45, 2.75) is 19.3 Å². The summed E-state index contributed by atoms with van der Waals surface area (Å²) in [5, 5.41) is 35.0. The van der Waals surface area contributed by atoms with Crippen molar-refractivity contribution in [3.63, 3.8) is 0 Å². The number of nitrogens with zero attached hydrogens (tertiary/aromatic N) is 1. The fraction of sp³-hybridized carbons (Fsp3) is 0.250. The molecule has 4 rings (SSSR count). The molecule has 2 aromatic carbocycles. The number of fused-ring (bicyclic) bond motifs is 1. The van der Waals surface area contributed by atoms with Gasteiger partial charge in [0.05, 0.1) is 5.56 Å². The SMILES string of the molecule is O=C(C=CC=Cc1ccc2c(c1)OCO2)N1CCCCC1.O=C(O)c1cc(O)c(O)c(O)c1. The molecule has 2 aromatic rings. The Hall–Kier alpha value is -4.14. The highest BCUT2D eigenvalue weighted by Crippen LogP contribution is 2.35. The predicted molar refractivity (Wildman–Crippen MR) is 120 cm³/mol. The van der Waals surface area contributed by atoms with Gasteiger partial charge in [-0.1, -0.05) is 24.3 Å². The van der Waals surface area contributed by atoms with Gasteiger partial charge in [-0.2, -0.15) is 0 Å². The number of ether oxygens (including phenoxy) is 2. The van der Waals surface area contributed by atoms with Gasteiger partial charge < -0.3 is 34.8 Å². The Morgan fingerprint density at radius 1 is 0.879 bits per heavy atom. The van der Waals surface area contributed by atoms with E-state index in [0.29, 0.717) is 0 Å². The van der Waals surface area contributed by atoms with Gasteiger partial charge in [-0.15, -0.1) is 0 Å². The number of hydrogen-bond donors (Lipinski definition) is 4. The summed E-state index contributed by atoms with van der Waals surface area (Å²) in [5.74, 6) is -1.68. The Labute approximate surface area is 190 Å². The zero-order valence-corrected chi connectivity index (χ0v) is 17.8. The fourth-order valence-electron chi connectivity index (χ4n) is 3.27. The standard InChI is InChI=1S/C17H19NO3.C7H6O5/c19-17(18-10-4-1-5-11-18)7-3-2-6-14-8-9-15-16(12-14)21-13-20-15;8-4-1-3(7(11)12)2-5(9)6(4)10/h2-3,6-9,12H,1,4-5,10-11,13H2;1-2,8-10H,(H,11,12). The van der Waals surface area contributed by atoms with Crippen LogP contribution >= 0.6 is 0 Å². The molecule has 9 nitrogen and oxygen atoms in total. The number of allylic oxidation sites excluding steroid dienone is 2. The molecule has 0 radical (unpaired) electrons. The van der Waals surface area contributed by atoms with E-state index in [-0.39, 0.29) is 18.3 Å². The predicted octanol–water partition coefficient (Wildman–Crippen LogP) is 3.50. The number of phenolic OH excluding ortho intramolecular Hbond substituents is 3. The number of hydrogen-bond acceptors (Lipinski definition) is 7. The lowest BCUT2D eigenvalue weighted by Gasteiger charge is -2.25. The third kappa shape index (κ3) is 6.42. The van der Waals surface area contributed by atoms with Crippen molar-refractivity contribution < 1.29 is 39.5 Å². The first kappa shape index (κ1) is 23.5. The van der Waals surface area contributed by atoms with E-state index in [1.54, 1.807) is 12.2 Å². The smallest absolute Gasteiger partial charge is 0.335 e. The van der Waals surface area contributed by atoms with E-state index < -0.39 is 23.2 Å². The molecule has 2 aliphatic rings. The monoisotopic (exact) mass is 455 g/mol. The first-order valence-corrected chi connectivity index (χ1v) is 10.4. The van der Waals surface area contributed by atoms with E-state index in [4.69, 9.17) is 29.9 Å². The lowest BCUT2D eigenvalue weighted by molar-refractivity contribution is -0.126. The zero-order chi connectivity index (χ0) is 23.8. The van der Waals surface area contributed by atoms with Gasteiger partial charge in [0.25, 0.3) is 0 Å². The molecule has 1 fully saturated rings. The number of benzene rings is 2. The second kappa shape index (κ2) is 10.9. The third-order valence-electron chi connectivity index (χ3n) is 5.02. The molecule has 0 aromatic heterocycles. The molecule has 0 atom stereocenters. The minimum absolute atomic E-state index is 0.102. The summed E-state index contributed by atoms with van der Waals surface area (Å²) in [6.45, 7) is 2.05. The summed E-state index contributed by atoms with van der Waals surface area (Å²) in [7, 11) is 0. The Morgan fingerprint density at radius 2 is 1.55 bits per heavy atom. The summed E-state index contributed by atoms with van der Waals surface area (Å²) < 4.78 is 10.6. The van der Waals surface area contributed by atoms with E-state index >= 15 is 0 Å². The highest BCUT2D eigenvalue weighted by molar-refractivity contribution is 5.89. The largest absolute Gasteiger partial charge is 0.504 e. The van der Waals surface area contributed by atoms with E-state index in [1.807, 2.05) is 35.3 Å². The second-order valence-corrected chi connectivity index (χ2v) is 7.39. The number of carbonyl (C=O) groups is 2. The average Bonchev–Trinajstić information content (AvgIpc) is 3.28. The Kier molecular flexibility index (Phi) is 7.80. The lowest BCUT2D eigenvalue weighted by Crippen LogP contribution is -2.34. The maximum Gasteiger partial charge on any atom is 0.335 e. The molecule has 1 saturated heterocycles. The summed E-state index contributed by atoms with van der Waals surface area (Å²) in [5.41, 5.74) is 0.733. The first-order chi connectivity index (χ1) is 15.8. The molecule has 1 amide bonds. The van der Waals surface area contributed by atoms with Crippen LogP contribution in [0.25, 0.3) is 6.08 Å². The number of piperidine rings is 1. The summed E-state index contributed by atoms with van der Waals surface area (Å²) in [6.07, 6.45) is 10.7. The van der Waals surface area contributed by atoms with Gasteiger partial charge in [0.15, 0.2) is 28.7 Å². The van der Waals surface area contributed by atoms with Crippen molar-refractivity contribution in [3.05, 3.63) is 59.7 Å². The number of likely N-dealkylation sites (tertiary alicyclic amines) is 1. The van der Waals surface area contributed by atoms with Crippen LogP contribution in [0.5, 0.6) is 28.7 Å². The third-order valence-corrected chi connectivity index (χ3v) is 5.02. The molecular weight excluding hydrogens is 430 g/mol. The quantitative estimate of drug-likeness (QED) is 0.312. The van der Waals surface area contributed by atoms with Crippen LogP contribution in [0.2, 0.25) is 0 Å². The van der Waals surface area contributed by atoms with Gasteiger partial charge in [0, 0.05) is 19.2 Å². The normalized spacial score (nSPS) is 14.8.